The Hall–Kier alpha value is -3.71. The maximum absolute atomic E-state index is 12.4. The normalized spacial score (nSPS) is 12.0. The molecule has 0 unspecified atom stereocenters. The molecule has 0 bridgehead atoms. The van der Waals surface area contributed by atoms with Gasteiger partial charge in [-0.2, -0.15) is 0 Å². The molecular formula is C29H40N4O8. The number of benzene rings is 2. The molecule has 0 amide bonds. The lowest BCUT2D eigenvalue weighted by Crippen LogP contribution is -2.32. The van der Waals surface area contributed by atoms with E-state index in [-0.39, 0.29) is 12.4 Å². The van der Waals surface area contributed by atoms with Crippen LogP contribution in [0.3, 0.4) is 0 Å². The summed E-state index contributed by atoms with van der Waals surface area (Å²) in [7, 11) is 0. The van der Waals surface area contributed by atoms with Crippen LogP contribution in [-0.2, 0) is 22.6 Å². The number of aromatic amines is 1. The summed E-state index contributed by atoms with van der Waals surface area (Å²) < 4.78 is 6.66. The minimum atomic E-state index is -0.783. The largest absolute Gasteiger partial charge is 0.508 e. The quantitative estimate of drug-likeness (QED) is 0.143. The molecule has 0 aliphatic rings. The third-order valence-electron chi connectivity index (χ3n) is 6.55. The number of aryl methyl sites for hydroxylation is 1. The van der Waals surface area contributed by atoms with Crippen LogP contribution in [0.1, 0.15) is 68.2 Å². The van der Waals surface area contributed by atoms with Crippen LogP contribution in [-0.4, -0.2) is 62.1 Å². The van der Waals surface area contributed by atoms with E-state index in [9.17, 15) is 29.7 Å². The SMILES string of the molecule is CC(=O)On1[nH]c(=O)n(-c2cccc(CCCCOCCCCCCNC[C@H](O)c3ccc(O)c(CO)c3)c2)c1=O. The first-order valence-corrected chi connectivity index (χ1v) is 13.9. The van der Waals surface area contributed by atoms with Crippen molar-refractivity contribution in [3.8, 4) is 11.4 Å². The van der Waals surface area contributed by atoms with Crippen molar-refractivity contribution in [2.45, 2.75) is 64.6 Å². The molecule has 0 aliphatic heterocycles. The number of carbonyl (C=O) groups is 1. The van der Waals surface area contributed by atoms with Gasteiger partial charge in [0.05, 0.1) is 18.4 Å². The zero-order valence-corrected chi connectivity index (χ0v) is 23.4. The molecule has 0 radical (unpaired) electrons. The van der Waals surface area contributed by atoms with Gasteiger partial charge in [0.2, 0.25) is 0 Å². The number of hydrogen-bond donors (Lipinski definition) is 5. The van der Waals surface area contributed by atoms with E-state index in [1.165, 1.54) is 6.07 Å². The number of ether oxygens (including phenoxy) is 1. The third-order valence-corrected chi connectivity index (χ3v) is 6.55. The molecule has 5 N–H and O–H groups in total. The second kappa shape index (κ2) is 16.5. The molecule has 3 aromatic rings. The van der Waals surface area contributed by atoms with Gasteiger partial charge in [0.1, 0.15) is 5.75 Å². The highest BCUT2D eigenvalue weighted by atomic mass is 16.7. The molecule has 1 heterocycles. The number of rotatable bonds is 18. The average molecular weight is 573 g/mol. The molecule has 12 nitrogen and oxygen atoms in total. The van der Waals surface area contributed by atoms with Gasteiger partial charge in [-0.3, -0.25) is 0 Å². The summed E-state index contributed by atoms with van der Waals surface area (Å²) in [6.07, 6.45) is 5.96. The number of H-pyrrole nitrogens is 1. The summed E-state index contributed by atoms with van der Waals surface area (Å²) in [5.74, 6) is -0.696. The minimum Gasteiger partial charge on any atom is -0.508 e. The summed E-state index contributed by atoms with van der Waals surface area (Å²) in [6, 6.07) is 11.9. The van der Waals surface area contributed by atoms with Crippen LogP contribution in [0.4, 0.5) is 0 Å². The van der Waals surface area contributed by atoms with Gasteiger partial charge < -0.3 is 30.2 Å². The van der Waals surface area contributed by atoms with Crippen molar-refractivity contribution in [1.82, 2.24) is 19.8 Å². The summed E-state index contributed by atoms with van der Waals surface area (Å²) in [4.78, 5) is 40.9. The van der Waals surface area contributed by atoms with Gasteiger partial charge in [0, 0.05) is 32.2 Å². The number of aliphatic hydroxyl groups is 2. The molecule has 0 fully saturated rings. The van der Waals surface area contributed by atoms with Gasteiger partial charge in [-0.25, -0.2) is 24.0 Å². The number of phenols is 1. The van der Waals surface area contributed by atoms with E-state index >= 15 is 0 Å². The maximum Gasteiger partial charge on any atom is 0.386 e. The third kappa shape index (κ3) is 10.0. The number of carbonyl (C=O) groups excluding carboxylic acids is 1. The highest BCUT2D eigenvalue weighted by Crippen LogP contribution is 2.22. The summed E-state index contributed by atoms with van der Waals surface area (Å²) in [5, 5.41) is 34.6. The molecular weight excluding hydrogens is 532 g/mol. The number of aromatic nitrogens is 3. The summed E-state index contributed by atoms with van der Waals surface area (Å²) in [6.45, 7) is 3.44. The standard InChI is InChI=1S/C29H40N4O8/c1-21(35)41-33-29(39)32(28(38)31-33)25-11-8-10-22(17-25)9-4-7-16-40-15-6-3-2-5-14-30-19-27(37)23-12-13-26(36)24(18-23)20-34/h8,10-13,17-18,27,30,34,36-37H,2-7,9,14-16,19-20H2,1H3,(H,31,38)/t27-/m0/s1. The van der Waals surface area contributed by atoms with Crippen molar-refractivity contribution in [3.05, 3.63) is 80.1 Å². The van der Waals surface area contributed by atoms with E-state index in [2.05, 4.69) is 15.3 Å². The van der Waals surface area contributed by atoms with Crippen molar-refractivity contribution < 1.29 is 29.7 Å². The van der Waals surface area contributed by atoms with E-state index in [1.807, 2.05) is 6.07 Å². The molecule has 0 saturated heterocycles. The minimum absolute atomic E-state index is 0.0221. The molecule has 3 rings (SSSR count). The monoisotopic (exact) mass is 572 g/mol. The summed E-state index contributed by atoms with van der Waals surface area (Å²) in [5.41, 5.74) is 0.962. The molecule has 12 heteroatoms. The highest BCUT2D eigenvalue weighted by Gasteiger charge is 2.14. The average Bonchev–Trinajstić information content (AvgIpc) is 3.22. The van der Waals surface area contributed by atoms with Crippen molar-refractivity contribution in [1.29, 1.82) is 0 Å². The van der Waals surface area contributed by atoms with Crippen LogP contribution in [0.5, 0.6) is 5.75 Å². The van der Waals surface area contributed by atoms with Crippen LogP contribution in [0.15, 0.2) is 52.1 Å². The second-order valence-corrected chi connectivity index (χ2v) is 9.83. The fourth-order valence-corrected chi connectivity index (χ4v) is 4.37. The molecule has 2 aromatic carbocycles. The number of aliphatic hydroxyl groups excluding tert-OH is 2. The number of hydrogen-bond acceptors (Lipinski definition) is 9. The summed E-state index contributed by atoms with van der Waals surface area (Å²) >= 11 is 0. The number of aromatic hydroxyl groups is 1. The Kier molecular flexibility index (Phi) is 12.8. The van der Waals surface area contributed by atoms with E-state index in [1.54, 1.807) is 30.3 Å². The Morgan fingerprint density at radius 1 is 1.02 bits per heavy atom. The first kappa shape index (κ1) is 31.8. The van der Waals surface area contributed by atoms with Gasteiger partial charge in [-0.15, -0.1) is 0 Å². The molecule has 1 aromatic heterocycles. The van der Waals surface area contributed by atoms with E-state index in [4.69, 9.17) is 4.74 Å². The fraction of sp³-hybridized carbons (Fsp3) is 0.483. The molecule has 224 valence electrons. The predicted octanol–water partition coefficient (Wildman–Crippen LogP) is 1.72. The van der Waals surface area contributed by atoms with Gasteiger partial charge in [0.25, 0.3) is 0 Å². The maximum atomic E-state index is 12.4. The molecule has 0 spiro atoms. The fourth-order valence-electron chi connectivity index (χ4n) is 4.37. The first-order valence-electron chi connectivity index (χ1n) is 13.9. The Balaban J connectivity index is 1.23. The van der Waals surface area contributed by atoms with Crippen molar-refractivity contribution in [2.75, 3.05) is 26.3 Å². The topological polar surface area (TPSA) is 168 Å². The Morgan fingerprint density at radius 2 is 1.78 bits per heavy atom. The Labute approximate surface area is 238 Å². The number of nitrogens with zero attached hydrogens (tertiary/aromatic N) is 2. The highest BCUT2D eigenvalue weighted by molar-refractivity contribution is 5.66. The zero-order valence-electron chi connectivity index (χ0n) is 23.4. The number of unbranched alkanes of at least 4 members (excludes halogenated alkanes) is 4. The van der Waals surface area contributed by atoms with Crippen LogP contribution in [0.2, 0.25) is 0 Å². The van der Waals surface area contributed by atoms with Crippen LogP contribution < -0.4 is 21.5 Å². The van der Waals surface area contributed by atoms with E-state index in [0.29, 0.717) is 41.4 Å². The van der Waals surface area contributed by atoms with Gasteiger partial charge in [-0.1, -0.05) is 31.0 Å². The lowest BCUT2D eigenvalue weighted by Gasteiger charge is -2.14. The lowest BCUT2D eigenvalue weighted by molar-refractivity contribution is -0.143. The van der Waals surface area contributed by atoms with Crippen LogP contribution in [0, 0.1) is 0 Å². The predicted molar refractivity (Wildman–Crippen MR) is 152 cm³/mol. The molecule has 0 saturated carbocycles. The zero-order chi connectivity index (χ0) is 29.6. The first-order chi connectivity index (χ1) is 19.8. The molecule has 1 atom stereocenters. The van der Waals surface area contributed by atoms with Crippen molar-refractivity contribution >= 4 is 5.97 Å². The Bertz CT molecular complexity index is 1360. The van der Waals surface area contributed by atoms with Crippen molar-refractivity contribution in [2.24, 2.45) is 0 Å². The Morgan fingerprint density at radius 3 is 2.54 bits per heavy atom. The molecule has 0 aliphatic carbocycles. The molecule has 41 heavy (non-hydrogen) atoms. The second-order valence-electron chi connectivity index (χ2n) is 9.83. The van der Waals surface area contributed by atoms with Crippen LogP contribution >= 0.6 is 0 Å². The van der Waals surface area contributed by atoms with Crippen LogP contribution in [0.25, 0.3) is 5.69 Å². The lowest BCUT2D eigenvalue weighted by atomic mass is 10.1. The van der Waals surface area contributed by atoms with Gasteiger partial charge in [-0.05, 0) is 78.9 Å². The number of nitrogens with one attached hydrogen (secondary N) is 2. The van der Waals surface area contributed by atoms with E-state index in [0.717, 1.165) is 68.5 Å². The van der Waals surface area contributed by atoms with Gasteiger partial charge >= 0.3 is 17.3 Å². The smallest absolute Gasteiger partial charge is 0.386 e. The van der Waals surface area contributed by atoms with E-state index < -0.39 is 23.5 Å². The van der Waals surface area contributed by atoms with Crippen molar-refractivity contribution in [3.63, 3.8) is 0 Å². The van der Waals surface area contributed by atoms with Gasteiger partial charge in [0.15, 0.2) is 0 Å².